The van der Waals surface area contributed by atoms with Crippen LogP contribution in [-0.2, 0) is 0 Å². The van der Waals surface area contributed by atoms with Crippen LogP contribution in [0.25, 0.3) is 17.2 Å². The van der Waals surface area contributed by atoms with Gasteiger partial charge in [0.2, 0.25) is 5.95 Å². The Kier molecular flexibility index (Phi) is 3.23. The van der Waals surface area contributed by atoms with Crippen LogP contribution in [0.2, 0.25) is 0 Å². The van der Waals surface area contributed by atoms with E-state index >= 15 is 0 Å². The third-order valence-corrected chi connectivity index (χ3v) is 2.82. The van der Waals surface area contributed by atoms with E-state index in [1.54, 1.807) is 6.07 Å². The Bertz CT molecular complexity index is 802. The van der Waals surface area contributed by atoms with Gasteiger partial charge in [0.25, 0.3) is 0 Å². The van der Waals surface area contributed by atoms with Crippen LogP contribution in [0.15, 0.2) is 42.9 Å². The molecule has 5 nitrogen and oxygen atoms in total. The number of hydrogen-bond donors (Lipinski definition) is 0. The first-order valence-electron chi connectivity index (χ1n) is 5.96. The number of benzene rings is 1. The second-order valence-electron chi connectivity index (χ2n) is 4.17. The first kappa shape index (κ1) is 13.0. The lowest BCUT2D eigenvalue weighted by Crippen LogP contribution is -2.00. The van der Waals surface area contributed by atoms with Crippen molar-refractivity contribution in [3.63, 3.8) is 0 Å². The predicted molar refractivity (Wildman–Crippen MR) is 69.9 cm³/mol. The molecule has 0 aliphatic heterocycles. The summed E-state index contributed by atoms with van der Waals surface area (Å²) in [7, 11) is 0. The molecule has 0 amide bonds. The van der Waals surface area contributed by atoms with E-state index in [0.29, 0.717) is 11.8 Å². The van der Waals surface area contributed by atoms with E-state index < -0.39 is 11.6 Å². The Hall–Kier alpha value is -2.96. The van der Waals surface area contributed by atoms with Gasteiger partial charge in [-0.3, -0.25) is 4.79 Å². The van der Waals surface area contributed by atoms with E-state index in [1.807, 2.05) is 0 Å². The van der Waals surface area contributed by atoms with Crippen LogP contribution in [0.3, 0.4) is 0 Å². The van der Waals surface area contributed by atoms with Crippen molar-refractivity contribution < 1.29 is 13.6 Å². The van der Waals surface area contributed by atoms with Crippen molar-refractivity contribution in [1.82, 2.24) is 19.7 Å². The van der Waals surface area contributed by atoms with E-state index in [4.69, 9.17) is 0 Å². The van der Waals surface area contributed by atoms with Crippen molar-refractivity contribution in [2.24, 2.45) is 0 Å². The van der Waals surface area contributed by atoms with Crippen LogP contribution in [0.4, 0.5) is 8.78 Å². The van der Waals surface area contributed by atoms with Gasteiger partial charge >= 0.3 is 0 Å². The van der Waals surface area contributed by atoms with Crippen molar-refractivity contribution in [3.05, 3.63) is 60.1 Å². The first-order valence-corrected chi connectivity index (χ1v) is 5.96. The molecule has 104 valence electrons. The van der Waals surface area contributed by atoms with E-state index in [2.05, 4.69) is 15.1 Å². The quantitative estimate of drug-likeness (QED) is 0.694. The van der Waals surface area contributed by atoms with Crippen LogP contribution in [0, 0.1) is 11.6 Å². The van der Waals surface area contributed by atoms with Gasteiger partial charge in [-0.2, -0.15) is 5.10 Å². The maximum atomic E-state index is 13.3. The summed E-state index contributed by atoms with van der Waals surface area (Å²) in [5.74, 6) is -1.69. The standard InChI is InChI=1S/C14H8F2N4O/c15-11-3-2-9(6-12(11)16)13-10(8-21)7-20(19-13)14-17-4-1-5-18-14/h1-8H. The predicted octanol–water partition coefficient (Wildman–Crippen LogP) is 2.42. The van der Waals surface area contributed by atoms with Crippen molar-refractivity contribution >= 4 is 6.29 Å². The molecule has 0 aliphatic carbocycles. The van der Waals surface area contributed by atoms with Crippen molar-refractivity contribution in [2.45, 2.75) is 0 Å². The third-order valence-electron chi connectivity index (χ3n) is 2.82. The second kappa shape index (κ2) is 5.20. The monoisotopic (exact) mass is 286 g/mol. The zero-order chi connectivity index (χ0) is 14.8. The Morgan fingerprint density at radius 2 is 1.86 bits per heavy atom. The summed E-state index contributed by atoms with van der Waals surface area (Å²) in [6.45, 7) is 0. The molecule has 2 aromatic heterocycles. The average molecular weight is 286 g/mol. The fourth-order valence-corrected chi connectivity index (χ4v) is 1.85. The van der Waals surface area contributed by atoms with Gasteiger partial charge in [0.1, 0.15) is 5.69 Å². The summed E-state index contributed by atoms with van der Waals surface area (Å²) in [5.41, 5.74) is 0.760. The molecule has 7 heteroatoms. The van der Waals surface area contributed by atoms with Gasteiger partial charge < -0.3 is 0 Å². The first-order chi connectivity index (χ1) is 10.2. The number of rotatable bonds is 3. The maximum Gasteiger partial charge on any atom is 0.250 e. The van der Waals surface area contributed by atoms with Crippen LogP contribution < -0.4 is 0 Å². The summed E-state index contributed by atoms with van der Waals surface area (Å²) in [6.07, 6.45) is 5.08. The topological polar surface area (TPSA) is 60.7 Å². The van der Waals surface area contributed by atoms with Gasteiger partial charge in [-0.1, -0.05) is 0 Å². The number of hydrogen-bond acceptors (Lipinski definition) is 4. The summed E-state index contributed by atoms with van der Waals surface area (Å²) in [6, 6.07) is 4.96. The molecule has 0 radical (unpaired) electrons. The zero-order valence-electron chi connectivity index (χ0n) is 10.6. The largest absolute Gasteiger partial charge is 0.298 e. The van der Waals surface area contributed by atoms with E-state index in [0.717, 1.165) is 12.1 Å². The molecule has 3 aromatic rings. The smallest absolute Gasteiger partial charge is 0.250 e. The second-order valence-corrected chi connectivity index (χ2v) is 4.17. The molecule has 0 unspecified atom stereocenters. The van der Waals surface area contributed by atoms with E-state index in [1.165, 1.54) is 29.3 Å². The van der Waals surface area contributed by atoms with Gasteiger partial charge in [-0.05, 0) is 24.3 Å². The lowest BCUT2D eigenvalue weighted by molar-refractivity contribution is 0.112. The van der Waals surface area contributed by atoms with Crippen molar-refractivity contribution in [2.75, 3.05) is 0 Å². The highest BCUT2D eigenvalue weighted by atomic mass is 19.2. The number of nitrogens with zero attached hydrogens (tertiary/aromatic N) is 4. The molecule has 0 saturated carbocycles. The molecule has 0 atom stereocenters. The van der Waals surface area contributed by atoms with Gasteiger partial charge in [0, 0.05) is 24.2 Å². The molecule has 0 aliphatic rings. The summed E-state index contributed by atoms with van der Waals surface area (Å²) in [5, 5.41) is 4.16. The Balaban J connectivity index is 2.12. The summed E-state index contributed by atoms with van der Waals surface area (Å²) < 4.78 is 27.6. The molecule has 0 bridgehead atoms. The van der Waals surface area contributed by atoms with E-state index in [9.17, 15) is 13.6 Å². The molecule has 21 heavy (non-hydrogen) atoms. The SMILES string of the molecule is O=Cc1cn(-c2ncccn2)nc1-c1ccc(F)c(F)c1. The average Bonchev–Trinajstić information content (AvgIpc) is 2.95. The number of carbonyl (C=O) groups is 1. The molecule has 0 saturated heterocycles. The van der Waals surface area contributed by atoms with Crippen LogP contribution in [0.1, 0.15) is 10.4 Å². The number of halogens is 2. The van der Waals surface area contributed by atoms with Gasteiger partial charge in [0.15, 0.2) is 17.9 Å². The molecule has 0 N–H and O–H groups in total. The van der Waals surface area contributed by atoms with Crippen LogP contribution in [0.5, 0.6) is 0 Å². The fourth-order valence-electron chi connectivity index (χ4n) is 1.85. The van der Waals surface area contributed by atoms with Gasteiger partial charge in [0.05, 0.1) is 5.56 Å². The Morgan fingerprint density at radius 1 is 1.10 bits per heavy atom. The summed E-state index contributed by atoms with van der Waals surface area (Å²) >= 11 is 0. The van der Waals surface area contributed by atoms with Crippen LogP contribution in [-0.4, -0.2) is 26.0 Å². The Labute approximate surface area is 117 Å². The number of aromatic nitrogens is 4. The maximum absolute atomic E-state index is 13.3. The van der Waals surface area contributed by atoms with Gasteiger partial charge in [-0.15, -0.1) is 0 Å². The minimum atomic E-state index is -1.00. The normalized spacial score (nSPS) is 10.6. The lowest BCUT2D eigenvalue weighted by atomic mass is 10.1. The fraction of sp³-hybridized carbons (Fsp3) is 0. The number of carbonyl (C=O) groups excluding carboxylic acids is 1. The molecular formula is C14H8F2N4O. The lowest BCUT2D eigenvalue weighted by Gasteiger charge is -2.00. The van der Waals surface area contributed by atoms with Crippen molar-refractivity contribution in [1.29, 1.82) is 0 Å². The van der Waals surface area contributed by atoms with Crippen LogP contribution >= 0.6 is 0 Å². The Morgan fingerprint density at radius 3 is 2.52 bits per heavy atom. The summed E-state index contributed by atoms with van der Waals surface area (Å²) in [4.78, 5) is 19.1. The molecule has 2 heterocycles. The van der Waals surface area contributed by atoms with Crippen molar-refractivity contribution in [3.8, 4) is 17.2 Å². The molecular weight excluding hydrogens is 278 g/mol. The molecule has 0 fully saturated rings. The van der Waals surface area contributed by atoms with E-state index in [-0.39, 0.29) is 17.2 Å². The molecule has 0 spiro atoms. The number of aldehydes is 1. The minimum Gasteiger partial charge on any atom is -0.298 e. The highest BCUT2D eigenvalue weighted by molar-refractivity contribution is 5.85. The minimum absolute atomic E-state index is 0.230. The zero-order valence-corrected chi connectivity index (χ0v) is 10.6. The third kappa shape index (κ3) is 2.40. The highest BCUT2D eigenvalue weighted by Crippen LogP contribution is 2.23. The molecule has 1 aromatic carbocycles. The highest BCUT2D eigenvalue weighted by Gasteiger charge is 2.14. The molecule has 3 rings (SSSR count). The van der Waals surface area contributed by atoms with Gasteiger partial charge in [-0.25, -0.2) is 23.4 Å².